The van der Waals surface area contributed by atoms with Crippen LogP contribution >= 0.6 is 0 Å². The van der Waals surface area contributed by atoms with Crippen LogP contribution in [0.15, 0.2) is 30.5 Å². The van der Waals surface area contributed by atoms with Gasteiger partial charge in [0.2, 0.25) is 0 Å². The predicted octanol–water partition coefficient (Wildman–Crippen LogP) is 2.06. The standard InChI is InChI=1S/C18H20BFN2O4/c20-14-8-11-7-10(3-1-5-19(25)26)16(18(23)24)12(11)9-13(14)17-15(21)4-2-6-22-17/h2,4,6,8-10,16,25-26H,1,3,5,7,21H2,(H,23,24)/t10-,16-/m0/s1. The van der Waals surface area contributed by atoms with Gasteiger partial charge in [0.1, 0.15) is 5.82 Å². The molecule has 26 heavy (non-hydrogen) atoms. The average Bonchev–Trinajstić information content (AvgIpc) is 2.91. The van der Waals surface area contributed by atoms with Gasteiger partial charge in [0.15, 0.2) is 0 Å². The molecule has 1 aromatic heterocycles. The van der Waals surface area contributed by atoms with Gasteiger partial charge in [-0.1, -0.05) is 6.42 Å². The SMILES string of the molecule is Nc1cccnc1-c1cc2c(cc1F)C[C@H](CCCB(O)O)[C@@H]2C(=O)O. The Morgan fingerprint density at radius 3 is 2.81 bits per heavy atom. The molecule has 0 bridgehead atoms. The number of nitrogens with zero attached hydrogens (tertiary/aromatic N) is 1. The summed E-state index contributed by atoms with van der Waals surface area (Å²) >= 11 is 0. The first kappa shape index (κ1) is 18.3. The summed E-state index contributed by atoms with van der Waals surface area (Å²) < 4.78 is 14.6. The predicted molar refractivity (Wildman–Crippen MR) is 95.8 cm³/mol. The molecular weight excluding hydrogens is 338 g/mol. The number of carbonyl (C=O) groups is 1. The minimum absolute atomic E-state index is 0.184. The summed E-state index contributed by atoms with van der Waals surface area (Å²) in [5, 5.41) is 27.6. The van der Waals surface area contributed by atoms with Crippen molar-refractivity contribution in [3.05, 3.63) is 47.4 Å². The van der Waals surface area contributed by atoms with Crippen molar-refractivity contribution in [3.63, 3.8) is 0 Å². The quantitative estimate of drug-likeness (QED) is 0.588. The molecule has 0 spiro atoms. The molecule has 0 unspecified atom stereocenters. The van der Waals surface area contributed by atoms with Gasteiger partial charge in [0, 0.05) is 11.8 Å². The highest BCUT2D eigenvalue weighted by Crippen LogP contribution is 2.43. The number of pyridine rings is 1. The molecule has 6 nitrogen and oxygen atoms in total. The zero-order valence-electron chi connectivity index (χ0n) is 14.1. The number of aliphatic carboxylic acids is 1. The maximum absolute atomic E-state index is 14.6. The van der Waals surface area contributed by atoms with Crippen molar-refractivity contribution < 1.29 is 24.3 Å². The van der Waals surface area contributed by atoms with Gasteiger partial charge in [-0.2, -0.15) is 0 Å². The first-order valence-corrected chi connectivity index (χ1v) is 8.50. The van der Waals surface area contributed by atoms with Gasteiger partial charge in [-0.3, -0.25) is 9.78 Å². The summed E-state index contributed by atoms with van der Waals surface area (Å²) in [6.45, 7) is 0. The molecular formula is C18H20BFN2O4. The highest BCUT2D eigenvalue weighted by Gasteiger charge is 2.38. The van der Waals surface area contributed by atoms with Gasteiger partial charge in [-0.25, -0.2) is 4.39 Å². The zero-order chi connectivity index (χ0) is 18.8. The van der Waals surface area contributed by atoms with Crippen LogP contribution in [0, 0.1) is 11.7 Å². The second-order valence-corrected chi connectivity index (χ2v) is 6.66. The van der Waals surface area contributed by atoms with Crippen LogP contribution in [0.4, 0.5) is 10.1 Å². The Balaban J connectivity index is 1.95. The lowest BCUT2D eigenvalue weighted by Crippen LogP contribution is -2.18. The largest absolute Gasteiger partial charge is 0.481 e. The lowest BCUT2D eigenvalue weighted by Gasteiger charge is -2.16. The first-order valence-electron chi connectivity index (χ1n) is 8.50. The summed E-state index contributed by atoms with van der Waals surface area (Å²) in [6.07, 6.45) is 3.15. The maximum atomic E-state index is 14.6. The number of nitrogen functional groups attached to an aromatic ring is 1. The highest BCUT2D eigenvalue weighted by atomic mass is 19.1. The molecule has 1 heterocycles. The van der Waals surface area contributed by atoms with Crippen LogP contribution in [0.2, 0.25) is 6.32 Å². The third-order valence-corrected chi connectivity index (χ3v) is 4.91. The number of rotatable bonds is 6. The number of aromatic nitrogens is 1. The van der Waals surface area contributed by atoms with Gasteiger partial charge >= 0.3 is 13.1 Å². The molecule has 0 amide bonds. The molecule has 0 radical (unpaired) electrons. The second kappa shape index (κ2) is 7.43. The van der Waals surface area contributed by atoms with E-state index < -0.39 is 24.8 Å². The normalized spacial score (nSPS) is 18.6. The van der Waals surface area contributed by atoms with Crippen LogP contribution in [0.1, 0.15) is 29.9 Å². The summed E-state index contributed by atoms with van der Waals surface area (Å²) in [5.74, 6) is -2.42. The Morgan fingerprint density at radius 1 is 1.38 bits per heavy atom. The molecule has 1 aliphatic rings. The molecule has 8 heteroatoms. The number of hydrogen-bond donors (Lipinski definition) is 4. The number of hydrogen-bond acceptors (Lipinski definition) is 5. The fraction of sp³-hybridized carbons (Fsp3) is 0.333. The third-order valence-electron chi connectivity index (χ3n) is 4.91. The Hall–Kier alpha value is -2.45. The molecule has 0 fully saturated rings. The van der Waals surface area contributed by atoms with Crippen molar-refractivity contribution >= 4 is 18.8 Å². The number of nitrogens with two attached hydrogens (primary N) is 1. The van der Waals surface area contributed by atoms with Crippen molar-refractivity contribution in [1.29, 1.82) is 0 Å². The minimum atomic E-state index is -1.40. The zero-order valence-corrected chi connectivity index (χ0v) is 14.1. The van der Waals surface area contributed by atoms with Crippen LogP contribution < -0.4 is 5.73 Å². The number of anilines is 1. The monoisotopic (exact) mass is 358 g/mol. The van der Waals surface area contributed by atoms with Gasteiger partial charge in [-0.15, -0.1) is 0 Å². The number of benzene rings is 1. The molecule has 0 saturated heterocycles. The summed E-state index contributed by atoms with van der Waals surface area (Å²) in [7, 11) is -1.40. The average molecular weight is 358 g/mol. The van der Waals surface area contributed by atoms with Crippen molar-refractivity contribution in [2.45, 2.75) is 31.5 Å². The van der Waals surface area contributed by atoms with Crippen LogP contribution in [-0.2, 0) is 11.2 Å². The molecule has 1 aromatic carbocycles. The van der Waals surface area contributed by atoms with E-state index in [0.717, 1.165) is 0 Å². The third kappa shape index (κ3) is 3.56. The van der Waals surface area contributed by atoms with E-state index in [9.17, 15) is 14.3 Å². The molecule has 0 saturated carbocycles. The lowest BCUT2D eigenvalue weighted by molar-refractivity contribution is -0.139. The molecule has 2 aromatic rings. The second-order valence-electron chi connectivity index (χ2n) is 6.66. The van der Waals surface area contributed by atoms with Crippen molar-refractivity contribution in [3.8, 4) is 11.3 Å². The topological polar surface area (TPSA) is 117 Å². The molecule has 0 aliphatic heterocycles. The lowest BCUT2D eigenvalue weighted by atomic mass is 9.80. The van der Waals surface area contributed by atoms with Crippen LogP contribution in [0.25, 0.3) is 11.3 Å². The van der Waals surface area contributed by atoms with Gasteiger partial charge in [0.25, 0.3) is 0 Å². The summed E-state index contributed by atoms with van der Waals surface area (Å²) in [5.41, 5.74) is 7.95. The number of carboxylic acid groups (broad SMARTS) is 1. The Kier molecular flexibility index (Phi) is 5.24. The van der Waals surface area contributed by atoms with E-state index in [0.29, 0.717) is 41.8 Å². The van der Waals surface area contributed by atoms with Crippen molar-refractivity contribution in [1.82, 2.24) is 4.98 Å². The van der Waals surface area contributed by atoms with Crippen molar-refractivity contribution in [2.24, 2.45) is 5.92 Å². The summed E-state index contributed by atoms with van der Waals surface area (Å²) in [4.78, 5) is 16.0. The Morgan fingerprint density at radius 2 is 2.15 bits per heavy atom. The van der Waals surface area contributed by atoms with E-state index >= 15 is 0 Å². The molecule has 136 valence electrons. The van der Waals surface area contributed by atoms with Crippen LogP contribution in [0.5, 0.6) is 0 Å². The van der Waals surface area contributed by atoms with E-state index in [-0.39, 0.29) is 17.8 Å². The molecule has 5 N–H and O–H groups in total. The fourth-order valence-electron chi connectivity index (χ4n) is 3.74. The number of fused-ring (bicyclic) bond motifs is 1. The van der Waals surface area contributed by atoms with E-state index in [1.807, 2.05) is 0 Å². The minimum Gasteiger partial charge on any atom is -0.481 e. The molecule has 1 aliphatic carbocycles. The fourth-order valence-corrected chi connectivity index (χ4v) is 3.74. The Bertz CT molecular complexity index is 831. The van der Waals surface area contributed by atoms with E-state index in [1.54, 1.807) is 18.2 Å². The van der Waals surface area contributed by atoms with Crippen molar-refractivity contribution in [2.75, 3.05) is 5.73 Å². The van der Waals surface area contributed by atoms with Gasteiger partial charge < -0.3 is 20.9 Å². The Labute approximate surface area is 150 Å². The van der Waals surface area contributed by atoms with Gasteiger partial charge in [0.05, 0.1) is 17.3 Å². The highest BCUT2D eigenvalue weighted by molar-refractivity contribution is 6.40. The number of halogens is 1. The van der Waals surface area contributed by atoms with Crippen LogP contribution in [0.3, 0.4) is 0 Å². The van der Waals surface area contributed by atoms with E-state index in [1.165, 1.54) is 12.3 Å². The maximum Gasteiger partial charge on any atom is 0.451 e. The number of carboxylic acids is 1. The molecule has 2 atom stereocenters. The summed E-state index contributed by atoms with van der Waals surface area (Å²) in [6, 6.07) is 6.18. The van der Waals surface area contributed by atoms with Gasteiger partial charge in [-0.05, 0) is 60.5 Å². The van der Waals surface area contributed by atoms with E-state index in [4.69, 9.17) is 15.8 Å². The van der Waals surface area contributed by atoms with E-state index in [2.05, 4.69) is 4.98 Å². The smallest absolute Gasteiger partial charge is 0.451 e. The van der Waals surface area contributed by atoms with Crippen LogP contribution in [-0.4, -0.2) is 33.2 Å². The first-order chi connectivity index (χ1) is 12.4. The molecule has 3 rings (SSSR count).